The third-order valence-corrected chi connectivity index (χ3v) is 3.01. The zero-order valence-electron chi connectivity index (χ0n) is 9.65. The van der Waals surface area contributed by atoms with Crippen LogP contribution in [0.15, 0.2) is 0 Å². The molecule has 4 atom stereocenters. The highest BCUT2D eigenvalue weighted by atomic mass is 16.6. The van der Waals surface area contributed by atoms with Gasteiger partial charge in [0, 0.05) is 5.92 Å². The van der Waals surface area contributed by atoms with Gasteiger partial charge in [-0.3, -0.25) is 4.79 Å². The zero-order chi connectivity index (χ0) is 11.6. The largest absolute Gasteiger partial charge is 0.459 e. The molecule has 0 N–H and O–H groups in total. The van der Waals surface area contributed by atoms with Crippen LogP contribution in [-0.4, -0.2) is 24.1 Å². The summed E-state index contributed by atoms with van der Waals surface area (Å²) in [4.78, 5) is 22.8. The van der Waals surface area contributed by atoms with Crippen LogP contribution in [0.3, 0.4) is 0 Å². The average Bonchev–Trinajstić information content (AvgIpc) is 2.43. The molecule has 4 nitrogen and oxygen atoms in total. The third kappa shape index (κ3) is 2.49. The topological polar surface area (TPSA) is 52.6 Å². The first-order valence-corrected chi connectivity index (χ1v) is 5.38. The molecule has 15 heavy (non-hydrogen) atoms. The maximum Gasteiger partial charge on any atom is 0.348 e. The van der Waals surface area contributed by atoms with E-state index in [2.05, 4.69) is 0 Å². The fourth-order valence-corrected chi connectivity index (χ4v) is 1.38. The molecule has 0 aromatic rings. The summed E-state index contributed by atoms with van der Waals surface area (Å²) in [6, 6.07) is 0. The van der Waals surface area contributed by atoms with E-state index in [1.165, 1.54) is 0 Å². The zero-order valence-corrected chi connectivity index (χ0v) is 9.65. The minimum Gasteiger partial charge on any atom is -0.459 e. The van der Waals surface area contributed by atoms with Gasteiger partial charge in [-0.05, 0) is 13.3 Å². The van der Waals surface area contributed by atoms with Crippen LogP contribution < -0.4 is 0 Å². The predicted octanol–water partition coefficient (Wildman–Crippen LogP) is 1.53. The minimum absolute atomic E-state index is 0.0643. The Morgan fingerprint density at radius 3 is 2.53 bits per heavy atom. The summed E-state index contributed by atoms with van der Waals surface area (Å²) in [5.41, 5.74) is 0. The highest BCUT2D eigenvalue weighted by Crippen LogP contribution is 2.25. The normalized spacial score (nSPS) is 32.3. The van der Waals surface area contributed by atoms with Gasteiger partial charge in [0.15, 0.2) is 0 Å². The van der Waals surface area contributed by atoms with E-state index >= 15 is 0 Å². The van der Waals surface area contributed by atoms with Crippen molar-refractivity contribution in [1.29, 1.82) is 0 Å². The summed E-state index contributed by atoms with van der Waals surface area (Å²) >= 11 is 0. The van der Waals surface area contributed by atoms with Gasteiger partial charge < -0.3 is 9.47 Å². The molecule has 86 valence electrons. The molecule has 0 spiro atoms. The molecule has 0 bridgehead atoms. The Hall–Kier alpha value is -1.06. The highest BCUT2D eigenvalue weighted by molar-refractivity contribution is 5.82. The summed E-state index contributed by atoms with van der Waals surface area (Å²) in [6.45, 7) is 7.35. The van der Waals surface area contributed by atoms with Gasteiger partial charge in [-0.25, -0.2) is 4.79 Å². The lowest BCUT2D eigenvalue weighted by Crippen LogP contribution is -2.30. The number of carbonyl (C=O) groups is 2. The van der Waals surface area contributed by atoms with Crippen LogP contribution in [0, 0.1) is 11.8 Å². The van der Waals surface area contributed by atoms with Crippen molar-refractivity contribution in [2.24, 2.45) is 11.8 Å². The second-order valence-electron chi connectivity index (χ2n) is 4.17. The first-order chi connectivity index (χ1) is 6.97. The summed E-state index contributed by atoms with van der Waals surface area (Å²) in [6.07, 6.45) is -0.182. The molecule has 1 heterocycles. The molecule has 1 rings (SSSR count). The predicted molar refractivity (Wildman–Crippen MR) is 54.1 cm³/mol. The van der Waals surface area contributed by atoms with E-state index in [1.807, 2.05) is 13.8 Å². The fourth-order valence-electron chi connectivity index (χ4n) is 1.38. The van der Waals surface area contributed by atoms with Crippen molar-refractivity contribution >= 4 is 11.9 Å². The monoisotopic (exact) mass is 214 g/mol. The maximum absolute atomic E-state index is 11.5. The highest BCUT2D eigenvalue weighted by Gasteiger charge is 2.42. The Bertz CT molecular complexity index is 261. The van der Waals surface area contributed by atoms with Crippen LogP contribution in [0.5, 0.6) is 0 Å². The lowest BCUT2D eigenvalue weighted by atomic mass is 10.0. The van der Waals surface area contributed by atoms with E-state index in [9.17, 15) is 9.59 Å². The Morgan fingerprint density at radius 1 is 1.53 bits per heavy atom. The number of hydrogen-bond acceptors (Lipinski definition) is 4. The SMILES string of the molecule is CCC(C)C(=O)OC1C(=O)OC(C)C1C. The first-order valence-electron chi connectivity index (χ1n) is 5.38. The molecule has 4 unspecified atom stereocenters. The second kappa shape index (κ2) is 4.64. The lowest BCUT2D eigenvalue weighted by Gasteiger charge is -2.16. The summed E-state index contributed by atoms with van der Waals surface area (Å²) in [5.74, 6) is -0.974. The van der Waals surface area contributed by atoms with Crippen molar-refractivity contribution in [1.82, 2.24) is 0 Å². The van der Waals surface area contributed by atoms with E-state index in [0.29, 0.717) is 6.42 Å². The van der Waals surface area contributed by atoms with Crippen LogP contribution in [0.2, 0.25) is 0 Å². The molecule has 1 aliphatic rings. The molecule has 1 fully saturated rings. The van der Waals surface area contributed by atoms with Gasteiger partial charge in [-0.1, -0.05) is 20.8 Å². The molecular formula is C11H18O4. The lowest BCUT2D eigenvalue weighted by molar-refractivity contribution is -0.164. The Labute approximate surface area is 89.9 Å². The molecule has 4 heteroatoms. The molecule has 1 aliphatic heterocycles. The van der Waals surface area contributed by atoms with Gasteiger partial charge in [-0.2, -0.15) is 0 Å². The second-order valence-corrected chi connectivity index (χ2v) is 4.17. The van der Waals surface area contributed by atoms with Gasteiger partial charge in [0.05, 0.1) is 5.92 Å². The van der Waals surface area contributed by atoms with Gasteiger partial charge in [0.2, 0.25) is 6.10 Å². The van der Waals surface area contributed by atoms with E-state index in [-0.39, 0.29) is 23.9 Å². The number of cyclic esters (lactones) is 1. The fraction of sp³-hybridized carbons (Fsp3) is 0.818. The number of hydrogen-bond donors (Lipinski definition) is 0. The van der Waals surface area contributed by atoms with E-state index < -0.39 is 12.1 Å². The van der Waals surface area contributed by atoms with Crippen molar-refractivity contribution < 1.29 is 19.1 Å². The van der Waals surface area contributed by atoms with E-state index in [0.717, 1.165) is 0 Å². The first kappa shape index (κ1) is 12.0. The van der Waals surface area contributed by atoms with Crippen molar-refractivity contribution in [3.8, 4) is 0 Å². The Kier molecular flexibility index (Phi) is 3.72. The number of carbonyl (C=O) groups excluding carboxylic acids is 2. The van der Waals surface area contributed by atoms with Crippen LogP contribution >= 0.6 is 0 Å². The van der Waals surface area contributed by atoms with Crippen molar-refractivity contribution in [3.63, 3.8) is 0 Å². The van der Waals surface area contributed by atoms with Gasteiger partial charge in [0.25, 0.3) is 0 Å². The number of esters is 2. The van der Waals surface area contributed by atoms with E-state index in [1.54, 1.807) is 13.8 Å². The van der Waals surface area contributed by atoms with Gasteiger partial charge >= 0.3 is 11.9 Å². The number of ether oxygens (including phenoxy) is 2. The van der Waals surface area contributed by atoms with E-state index in [4.69, 9.17) is 9.47 Å². The Balaban J connectivity index is 2.58. The Morgan fingerprint density at radius 2 is 2.13 bits per heavy atom. The van der Waals surface area contributed by atoms with Crippen molar-refractivity contribution in [2.45, 2.75) is 46.3 Å². The summed E-state index contributed by atoms with van der Waals surface area (Å²) in [5, 5.41) is 0. The molecule has 0 amide bonds. The van der Waals surface area contributed by atoms with Crippen LogP contribution in [-0.2, 0) is 19.1 Å². The van der Waals surface area contributed by atoms with Gasteiger partial charge in [-0.15, -0.1) is 0 Å². The van der Waals surface area contributed by atoms with Crippen LogP contribution in [0.1, 0.15) is 34.1 Å². The quantitative estimate of drug-likeness (QED) is 0.668. The van der Waals surface area contributed by atoms with Gasteiger partial charge in [0.1, 0.15) is 6.10 Å². The van der Waals surface area contributed by atoms with Crippen LogP contribution in [0.25, 0.3) is 0 Å². The summed E-state index contributed by atoms with van der Waals surface area (Å²) in [7, 11) is 0. The van der Waals surface area contributed by atoms with Crippen molar-refractivity contribution in [2.75, 3.05) is 0 Å². The molecule has 0 aromatic heterocycles. The average molecular weight is 214 g/mol. The van der Waals surface area contributed by atoms with Crippen LogP contribution in [0.4, 0.5) is 0 Å². The standard InChI is InChI=1S/C11H18O4/c1-5-6(2)10(12)15-9-7(3)8(4)14-11(9)13/h6-9H,5H2,1-4H3. The molecule has 0 radical (unpaired) electrons. The molecule has 1 saturated heterocycles. The van der Waals surface area contributed by atoms with Crippen molar-refractivity contribution in [3.05, 3.63) is 0 Å². The smallest absolute Gasteiger partial charge is 0.348 e. The third-order valence-electron chi connectivity index (χ3n) is 3.01. The maximum atomic E-state index is 11.5. The molecule has 0 aliphatic carbocycles. The number of rotatable bonds is 3. The molecule has 0 saturated carbocycles. The molecule has 0 aromatic carbocycles. The summed E-state index contributed by atoms with van der Waals surface area (Å²) < 4.78 is 10.1. The molecular weight excluding hydrogens is 196 g/mol. The minimum atomic E-state index is -0.721.